The number of benzene rings is 2. The number of aryl methyl sites for hydroxylation is 1. The standard InChI is InChI=1S/C25H23FN6O3/c1-15-11-17(7-10-19(15)26)13-28-24(33)20-14-32-21(3-2-4-22(32)30-20)25(34)29-12-16-5-8-18(9-6-16)23(27)31-35/h2-11,14,35H,12-13H2,1H3,(H2,27,31)(H,28,33)(H,29,34). The van der Waals surface area contributed by atoms with Crippen molar-refractivity contribution < 1.29 is 19.2 Å². The Hall–Kier alpha value is -4.73. The predicted octanol–water partition coefficient (Wildman–Crippen LogP) is 2.74. The summed E-state index contributed by atoms with van der Waals surface area (Å²) in [6.07, 6.45) is 1.50. The zero-order chi connectivity index (χ0) is 24.9. The van der Waals surface area contributed by atoms with Gasteiger partial charge >= 0.3 is 0 Å². The Morgan fingerprint density at radius 2 is 1.71 bits per heavy atom. The monoisotopic (exact) mass is 474 g/mol. The number of hydrogen-bond donors (Lipinski definition) is 4. The van der Waals surface area contributed by atoms with Crippen LogP contribution in [0.1, 0.15) is 43.2 Å². The fourth-order valence-electron chi connectivity index (χ4n) is 3.52. The van der Waals surface area contributed by atoms with E-state index in [1.807, 2.05) is 0 Å². The van der Waals surface area contributed by atoms with Gasteiger partial charge in [-0.05, 0) is 41.8 Å². The Labute approximate surface area is 200 Å². The van der Waals surface area contributed by atoms with Gasteiger partial charge in [0.1, 0.15) is 22.9 Å². The zero-order valence-corrected chi connectivity index (χ0v) is 18.8. The second kappa shape index (κ2) is 10.0. The van der Waals surface area contributed by atoms with E-state index in [9.17, 15) is 14.0 Å². The quantitative estimate of drug-likeness (QED) is 0.141. The van der Waals surface area contributed by atoms with E-state index in [1.54, 1.807) is 65.9 Å². The van der Waals surface area contributed by atoms with Crippen LogP contribution in [0.5, 0.6) is 0 Å². The number of pyridine rings is 1. The van der Waals surface area contributed by atoms with Gasteiger partial charge in [-0.15, -0.1) is 0 Å². The highest BCUT2D eigenvalue weighted by atomic mass is 19.1. The van der Waals surface area contributed by atoms with Gasteiger partial charge in [0.15, 0.2) is 5.84 Å². The minimum absolute atomic E-state index is 0.00000755. The number of nitrogens with zero attached hydrogens (tertiary/aromatic N) is 3. The van der Waals surface area contributed by atoms with Gasteiger partial charge in [-0.3, -0.25) is 14.0 Å². The molecule has 4 rings (SSSR count). The highest BCUT2D eigenvalue weighted by Crippen LogP contribution is 2.12. The Bertz CT molecular complexity index is 1430. The molecule has 0 atom stereocenters. The van der Waals surface area contributed by atoms with Crippen LogP contribution in [0.4, 0.5) is 4.39 Å². The zero-order valence-electron chi connectivity index (χ0n) is 18.8. The number of carbonyl (C=O) groups is 2. The summed E-state index contributed by atoms with van der Waals surface area (Å²) in [5, 5.41) is 17.3. The normalized spacial score (nSPS) is 11.4. The van der Waals surface area contributed by atoms with Crippen molar-refractivity contribution in [3.05, 3.63) is 106 Å². The van der Waals surface area contributed by atoms with Gasteiger partial charge in [0.25, 0.3) is 11.8 Å². The van der Waals surface area contributed by atoms with Gasteiger partial charge in [-0.2, -0.15) is 0 Å². The first-order valence-corrected chi connectivity index (χ1v) is 10.7. The van der Waals surface area contributed by atoms with Crippen molar-refractivity contribution in [3.8, 4) is 0 Å². The molecule has 9 nitrogen and oxygen atoms in total. The number of aromatic nitrogens is 2. The third kappa shape index (κ3) is 5.27. The van der Waals surface area contributed by atoms with E-state index in [0.717, 1.165) is 11.1 Å². The fourth-order valence-corrected chi connectivity index (χ4v) is 3.52. The molecule has 0 saturated carbocycles. The minimum atomic E-state index is -0.409. The third-order valence-electron chi connectivity index (χ3n) is 5.44. The summed E-state index contributed by atoms with van der Waals surface area (Å²) in [6.45, 7) is 2.13. The molecule has 5 N–H and O–H groups in total. The van der Waals surface area contributed by atoms with Crippen LogP contribution in [0.3, 0.4) is 0 Å². The molecule has 0 unspecified atom stereocenters. The fraction of sp³-hybridized carbons (Fsp3) is 0.120. The molecule has 0 aliphatic heterocycles. The maximum atomic E-state index is 13.4. The van der Waals surface area contributed by atoms with E-state index in [-0.39, 0.29) is 36.3 Å². The number of hydrogen-bond acceptors (Lipinski definition) is 5. The molecule has 0 bridgehead atoms. The molecule has 0 spiro atoms. The summed E-state index contributed by atoms with van der Waals surface area (Å²) in [5.74, 6) is -1.06. The van der Waals surface area contributed by atoms with Crippen molar-refractivity contribution in [2.45, 2.75) is 20.0 Å². The topological polar surface area (TPSA) is 134 Å². The summed E-state index contributed by atoms with van der Waals surface area (Å²) < 4.78 is 15.0. The van der Waals surface area contributed by atoms with Gasteiger partial charge in [-0.25, -0.2) is 9.37 Å². The highest BCUT2D eigenvalue weighted by molar-refractivity contribution is 5.97. The van der Waals surface area contributed by atoms with Crippen LogP contribution in [-0.4, -0.2) is 32.2 Å². The summed E-state index contributed by atoms with van der Waals surface area (Å²) >= 11 is 0. The van der Waals surface area contributed by atoms with Crippen molar-refractivity contribution in [1.82, 2.24) is 20.0 Å². The lowest BCUT2D eigenvalue weighted by atomic mass is 10.1. The van der Waals surface area contributed by atoms with Crippen LogP contribution < -0.4 is 16.4 Å². The van der Waals surface area contributed by atoms with Crippen LogP contribution in [0.15, 0.2) is 72.0 Å². The van der Waals surface area contributed by atoms with Crippen LogP contribution in [-0.2, 0) is 13.1 Å². The molecule has 2 aromatic carbocycles. The van der Waals surface area contributed by atoms with Crippen molar-refractivity contribution >= 4 is 23.3 Å². The van der Waals surface area contributed by atoms with E-state index in [2.05, 4.69) is 20.8 Å². The second-order valence-corrected chi connectivity index (χ2v) is 7.90. The van der Waals surface area contributed by atoms with Gasteiger partial charge < -0.3 is 21.6 Å². The average molecular weight is 474 g/mol. The first kappa shape index (κ1) is 23.4. The average Bonchev–Trinajstić information content (AvgIpc) is 3.32. The van der Waals surface area contributed by atoms with Gasteiger partial charge in [-0.1, -0.05) is 47.6 Å². The molecule has 0 aliphatic carbocycles. The van der Waals surface area contributed by atoms with Crippen LogP contribution in [0.2, 0.25) is 0 Å². The number of halogens is 1. The molecule has 10 heteroatoms. The molecule has 2 aromatic heterocycles. The summed E-state index contributed by atoms with van der Waals surface area (Å²) in [6, 6.07) is 16.6. The second-order valence-electron chi connectivity index (χ2n) is 7.90. The molecular weight excluding hydrogens is 451 g/mol. The molecule has 35 heavy (non-hydrogen) atoms. The lowest BCUT2D eigenvalue weighted by Crippen LogP contribution is -2.25. The molecule has 0 aliphatic rings. The first-order valence-electron chi connectivity index (χ1n) is 10.7. The Morgan fingerprint density at radius 1 is 1.03 bits per heavy atom. The molecule has 0 radical (unpaired) electrons. The molecular formula is C25H23FN6O3. The number of fused-ring (bicyclic) bond motifs is 1. The summed E-state index contributed by atoms with van der Waals surface area (Å²) in [4.78, 5) is 29.8. The minimum Gasteiger partial charge on any atom is -0.409 e. The summed E-state index contributed by atoms with van der Waals surface area (Å²) in [7, 11) is 0. The van der Waals surface area contributed by atoms with Crippen molar-refractivity contribution in [1.29, 1.82) is 0 Å². The third-order valence-corrected chi connectivity index (χ3v) is 5.44. The number of amidine groups is 1. The largest absolute Gasteiger partial charge is 0.409 e. The molecule has 0 fully saturated rings. The lowest BCUT2D eigenvalue weighted by Gasteiger charge is -2.08. The number of oxime groups is 1. The van der Waals surface area contributed by atoms with Crippen molar-refractivity contribution in [3.63, 3.8) is 0 Å². The van der Waals surface area contributed by atoms with Crippen molar-refractivity contribution in [2.75, 3.05) is 0 Å². The number of nitrogens with two attached hydrogens (primary N) is 1. The molecule has 0 saturated heterocycles. The van der Waals surface area contributed by atoms with Crippen LogP contribution in [0.25, 0.3) is 5.65 Å². The Morgan fingerprint density at radius 3 is 2.43 bits per heavy atom. The van der Waals surface area contributed by atoms with E-state index in [4.69, 9.17) is 10.9 Å². The smallest absolute Gasteiger partial charge is 0.271 e. The summed E-state index contributed by atoms with van der Waals surface area (Å²) in [5.41, 5.74) is 9.12. The number of carbonyl (C=O) groups excluding carboxylic acids is 2. The lowest BCUT2D eigenvalue weighted by molar-refractivity contribution is 0.0935. The van der Waals surface area contributed by atoms with Crippen LogP contribution in [0, 0.1) is 12.7 Å². The number of imidazole rings is 1. The Kier molecular flexibility index (Phi) is 6.72. The molecule has 2 amide bonds. The molecule has 2 heterocycles. The SMILES string of the molecule is Cc1cc(CNC(=O)c2cn3c(C(=O)NCc4ccc(/C(N)=N/O)cc4)cccc3n2)ccc1F. The van der Waals surface area contributed by atoms with Gasteiger partial charge in [0.05, 0.1) is 0 Å². The number of nitrogens with one attached hydrogen (secondary N) is 2. The number of amides is 2. The molecule has 4 aromatic rings. The highest BCUT2D eigenvalue weighted by Gasteiger charge is 2.16. The first-order chi connectivity index (χ1) is 16.9. The maximum Gasteiger partial charge on any atom is 0.271 e. The van der Waals surface area contributed by atoms with E-state index < -0.39 is 5.91 Å². The number of rotatable bonds is 7. The Balaban J connectivity index is 1.44. The maximum absolute atomic E-state index is 13.4. The predicted molar refractivity (Wildman–Crippen MR) is 128 cm³/mol. The van der Waals surface area contributed by atoms with E-state index in [0.29, 0.717) is 22.5 Å². The molecule has 178 valence electrons. The van der Waals surface area contributed by atoms with Gasteiger partial charge in [0, 0.05) is 24.8 Å². The van der Waals surface area contributed by atoms with Crippen molar-refractivity contribution in [2.24, 2.45) is 10.9 Å². The van der Waals surface area contributed by atoms with E-state index >= 15 is 0 Å². The van der Waals surface area contributed by atoms with E-state index in [1.165, 1.54) is 12.3 Å². The van der Waals surface area contributed by atoms with Crippen LogP contribution >= 0.6 is 0 Å². The van der Waals surface area contributed by atoms with Gasteiger partial charge in [0.2, 0.25) is 0 Å².